The Bertz CT molecular complexity index is 1100. The Kier molecular flexibility index (Phi) is 5.50. The molecule has 1 unspecified atom stereocenters. The molecule has 5 rings (SSSR count). The predicted octanol–water partition coefficient (Wildman–Crippen LogP) is 1.60. The number of halogens is 1. The molecular weight excluding hydrogens is 478 g/mol. The van der Waals surface area contributed by atoms with Crippen LogP contribution in [-0.4, -0.2) is 62.3 Å². The quantitative estimate of drug-likeness (QED) is 0.625. The molecule has 0 bridgehead atoms. The van der Waals surface area contributed by atoms with Crippen molar-refractivity contribution in [1.82, 2.24) is 24.7 Å². The van der Waals surface area contributed by atoms with Crippen LogP contribution in [0.3, 0.4) is 0 Å². The molecule has 2 fully saturated rings. The van der Waals surface area contributed by atoms with E-state index in [0.717, 1.165) is 47.8 Å². The van der Waals surface area contributed by atoms with Crippen molar-refractivity contribution in [3.8, 4) is 5.75 Å². The van der Waals surface area contributed by atoms with Crippen molar-refractivity contribution in [2.24, 2.45) is 7.05 Å². The molecule has 0 radical (unpaired) electrons. The van der Waals surface area contributed by atoms with Crippen LogP contribution in [0.2, 0.25) is 0 Å². The second-order valence-corrected chi connectivity index (χ2v) is 9.27. The van der Waals surface area contributed by atoms with E-state index in [1.54, 1.807) is 11.0 Å². The summed E-state index contributed by atoms with van der Waals surface area (Å²) in [6.07, 6.45) is 3.49. The van der Waals surface area contributed by atoms with Crippen LogP contribution in [0.25, 0.3) is 0 Å². The maximum absolute atomic E-state index is 12.8. The van der Waals surface area contributed by atoms with Crippen LogP contribution in [0.5, 0.6) is 5.75 Å². The van der Waals surface area contributed by atoms with E-state index < -0.39 is 11.9 Å². The standard InChI is InChI=1S/C22H24BrN5O4/c1-26-14(9-24-22(26)23)11-27-7-6-16(12-27)32-15-2-3-17-13(8-15)10-28(21(17)31)18-4-5-19(29)25-20(18)30/h2-3,8-9,16,18H,4-7,10-12H2,1H3,(H,25,29,30)/t16-,18?/m0/s1. The van der Waals surface area contributed by atoms with Gasteiger partial charge in [0.25, 0.3) is 5.91 Å². The summed E-state index contributed by atoms with van der Waals surface area (Å²) in [5.41, 5.74) is 2.59. The highest BCUT2D eigenvalue weighted by Gasteiger charge is 2.39. The van der Waals surface area contributed by atoms with E-state index >= 15 is 0 Å². The molecule has 32 heavy (non-hydrogen) atoms. The van der Waals surface area contributed by atoms with Crippen molar-refractivity contribution in [3.63, 3.8) is 0 Å². The molecule has 2 aromatic rings. The molecule has 2 atom stereocenters. The number of ether oxygens (including phenoxy) is 1. The molecule has 4 heterocycles. The second kappa shape index (κ2) is 8.32. The van der Waals surface area contributed by atoms with Crippen LogP contribution in [0.1, 0.15) is 40.9 Å². The van der Waals surface area contributed by atoms with Gasteiger partial charge in [-0.1, -0.05) is 0 Å². The number of imide groups is 1. The molecule has 1 N–H and O–H groups in total. The first-order valence-electron chi connectivity index (χ1n) is 10.7. The number of imidazole rings is 1. The number of benzene rings is 1. The Hall–Kier alpha value is -2.72. The fourth-order valence-corrected chi connectivity index (χ4v) is 4.98. The molecule has 1 aromatic heterocycles. The zero-order valence-corrected chi connectivity index (χ0v) is 19.3. The van der Waals surface area contributed by atoms with E-state index in [-0.39, 0.29) is 24.3 Å². The zero-order chi connectivity index (χ0) is 22.4. The molecule has 9 nitrogen and oxygen atoms in total. The minimum atomic E-state index is -0.604. The average molecular weight is 502 g/mol. The number of aromatic nitrogens is 2. The minimum absolute atomic E-state index is 0.0769. The van der Waals surface area contributed by atoms with Crippen LogP contribution in [-0.2, 0) is 29.7 Å². The lowest BCUT2D eigenvalue weighted by Gasteiger charge is -2.29. The van der Waals surface area contributed by atoms with Crippen molar-refractivity contribution in [2.75, 3.05) is 13.1 Å². The molecule has 3 aliphatic rings. The maximum atomic E-state index is 12.8. The van der Waals surface area contributed by atoms with Gasteiger partial charge < -0.3 is 14.2 Å². The molecule has 0 aliphatic carbocycles. The topological polar surface area (TPSA) is 96.8 Å². The summed E-state index contributed by atoms with van der Waals surface area (Å²) in [7, 11) is 1.99. The van der Waals surface area contributed by atoms with Crippen molar-refractivity contribution >= 4 is 33.7 Å². The lowest BCUT2D eigenvalue weighted by atomic mass is 10.0. The number of likely N-dealkylation sites (tertiary alicyclic amines) is 1. The van der Waals surface area contributed by atoms with Gasteiger partial charge >= 0.3 is 0 Å². The Morgan fingerprint density at radius 1 is 1.25 bits per heavy atom. The van der Waals surface area contributed by atoms with Gasteiger partial charge in [0.2, 0.25) is 11.8 Å². The van der Waals surface area contributed by atoms with Gasteiger partial charge in [-0.3, -0.25) is 24.6 Å². The largest absolute Gasteiger partial charge is 0.489 e. The summed E-state index contributed by atoms with van der Waals surface area (Å²) in [5.74, 6) is -0.120. The van der Waals surface area contributed by atoms with E-state index in [9.17, 15) is 14.4 Å². The molecule has 10 heteroatoms. The van der Waals surface area contributed by atoms with E-state index in [1.165, 1.54) is 0 Å². The second-order valence-electron chi connectivity index (χ2n) is 8.56. The maximum Gasteiger partial charge on any atom is 0.255 e. The third-order valence-corrected chi connectivity index (χ3v) is 7.18. The highest BCUT2D eigenvalue weighted by molar-refractivity contribution is 9.10. The van der Waals surface area contributed by atoms with Crippen LogP contribution in [0.4, 0.5) is 0 Å². The van der Waals surface area contributed by atoms with Crippen molar-refractivity contribution in [2.45, 2.75) is 44.5 Å². The van der Waals surface area contributed by atoms with Crippen LogP contribution in [0, 0.1) is 0 Å². The third kappa shape index (κ3) is 3.93. The van der Waals surface area contributed by atoms with Crippen LogP contribution in [0.15, 0.2) is 29.1 Å². The van der Waals surface area contributed by atoms with Crippen LogP contribution >= 0.6 is 15.9 Å². The summed E-state index contributed by atoms with van der Waals surface area (Å²) >= 11 is 3.43. The first-order chi connectivity index (χ1) is 15.4. The number of amides is 3. The van der Waals surface area contributed by atoms with Crippen molar-refractivity contribution in [3.05, 3.63) is 46.0 Å². The fourth-order valence-electron chi connectivity index (χ4n) is 4.65. The predicted molar refractivity (Wildman–Crippen MR) is 118 cm³/mol. The Morgan fingerprint density at radius 2 is 2.09 bits per heavy atom. The molecule has 3 aliphatic heterocycles. The molecule has 168 valence electrons. The van der Waals surface area contributed by atoms with Gasteiger partial charge in [-0.05, 0) is 52.5 Å². The highest BCUT2D eigenvalue weighted by atomic mass is 79.9. The summed E-state index contributed by atoms with van der Waals surface area (Å²) < 4.78 is 9.07. The van der Waals surface area contributed by atoms with Gasteiger partial charge in [0.05, 0.1) is 11.9 Å². The summed E-state index contributed by atoms with van der Waals surface area (Å²) in [4.78, 5) is 44.6. The summed E-state index contributed by atoms with van der Waals surface area (Å²) in [6.45, 7) is 2.93. The number of nitrogens with one attached hydrogen (secondary N) is 1. The van der Waals surface area contributed by atoms with Gasteiger partial charge in [-0.25, -0.2) is 4.98 Å². The first kappa shape index (κ1) is 21.1. The monoisotopic (exact) mass is 501 g/mol. The lowest BCUT2D eigenvalue weighted by molar-refractivity contribution is -0.136. The van der Waals surface area contributed by atoms with E-state index in [4.69, 9.17) is 4.74 Å². The third-order valence-electron chi connectivity index (χ3n) is 6.44. The van der Waals surface area contributed by atoms with E-state index in [0.29, 0.717) is 18.5 Å². The molecule has 3 amide bonds. The molecule has 0 spiro atoms. The van der Waals surface area contributed by atoms with Gasteiger partial charge in [0, 0.05) is 45.2 Å². The molecule has 0 saturated carbocycles. The number of hydrogen-bond acceptors (Lipinski definition) is 6. The summed E-state index contributed by atoms with van der Waals surface area (Å²) in [6, 6.07) is 4.90. The Morgan fingerprint density at radius 3 is 2.84 bits per heavy atom. The minimum Gasteiger partial charge on any atom is -0.489 e. The van der Waals surface area contributed by atoms with Crippen molar-refractivity contribution in [1.29, 1.82) is 0 Å². The zero-order valence-electron chi connectivity index (χ0n) is 17.7. The lowest BCUT2D eigenvalue weighted by Crippen LogP contribution is -2.52. The number of rotatable bonds is 5. The molecule has 2 saturated heterocycles. The number of nitrogens with zero attached hydrogens (tertiary/aromatic N) is 4. The number of carbonyl (C=O) groups excluding carboxylic acids is 3. The average Bonchev–Trinajstić information content (AvgIpc) is 3.43. The number of hydrogen-bond donors (Lipinski definition) is 1. The van der Waals surface area contributed by atoms with Gasteiger partial charge in [-0.15, -0.1) is 0 Å². The molecular formula is C22H24BrN5O4. The SMILES string of the molecule is Cn1c(CN2CC[C@H](Oc3ccc4c(c3)CN(C3CCC(=O)NC3=O)C4=O)C2)cnc1Br. The van der Waals surface area contributed by atoms with Gasteiger partial charge in [-0.2, -0.15) is 0 Å². The molecule has 1 aromatic carbocycles. The normalized spacial score (nSPS) is 23.6. The Labute approximate surface area is 193 Å². The van der Waals surface area contributed by atoms with Gasteiger partial charge in [0.1, 0.15) is 17.9 Å². The van der Waals surface area contributed by atoms with E-state index in [1.807, 2.05) is 29.9 Å². The van der Waals surface area contributed by atoms with Crippen LogP contribution < -0.4 is 10.1 Å². The first-order valence-corrected chi connectivity index (χ1v) is 11.5. The van der Waals surface area contributed by atoms with E-state index in [2.05, 4.69) is 31.1 Å². The smallest absolute Gasteiger partial charge is 0.255 e. The highest BCUT2D eigenvalue weighted by Crippen LogP contribution is 2.31. The number of carbonyl (C=O) groups is 3. The fraction of sp³-hybridized carbons (Fsp3) is 0.455. The van der Waals surface area contributed by atoms with Gasteiger partial charge in [0.15, 0.2) is 4.73 Å². The number of piperidine rings is 1. The summed E-state index contributed by atoms with van der Waals surface area (Å²) in [5, 5.41) is 2.33. The van der Waals surface area contributed by atoms with Crippen molar-refractivity contribution < 1.29 is 19.1 Å². The number of fused-ring (bicyclic) bond motifs is 1. The Balaban J connectivity index is 1.22.